The highest BCUT2D eigenvalue weighted by molar-refractivity contribution is 6.05. The van der Waals surface area contributed by atoms with E-state index in [9.17, 15) is 9.59 Å². The molecular weight excluding hydrogens is 164 g/mol. The fourth-order valence-electron chi connectivity index (χ4n) is 2.04. The first kappa shape index (κ1) is 10.4. The van der Waals surface area contributed by atoms with E-state index in [2.05, 4.69) is 0 Å². The Morgan fingerprint density at radius 3 is 2.08 bits per heavy atom. The fraction of sp³-hybridized carbons (Fsp3) is 0.818. The molecule has 0 bridgehead atoms. The van der Waals surface area contributed by atoms with Crippen molar-refractivity contribution in [2.45, 2.75) is 46.5 Å². The number of ketones is 2. The van der Waals surface area contributed by atoms with E-state index in [-0.39, 0.29) is 22.9 Å². The predicted molar refractivity (Wildman–Crippen MR) is 51.4 cm³/mol. The summed E-state index contributed by atoms with van der Waals surface area (Å²) in [6.45, 7) is 6.00. The highest BCUT2D eigenvalue weighted by atomic mass is 16.2. The zero-order valence-corrected chi connectivity index (χ0v) is 8.72. The Labute approximate surface area is 79.7 Å². The van der Waals surface area contributed by atoms with Gasteiger partial charge < -0.3 is 0 Å². The van der Waals surface area contributed by atoms with Gasteiger partial charge in [-0.15, -0.1) is 0 Å². The van der Waals surface area contributed by atoms with E-state index >= 15 is 0 Å². The molecule has 0 amide bonds. The van der Waals surface area contributed by atoms with Gasteiger partial charge in [-0.1, -0.05) is 27.2 Å². The Balaban J connectivity index is 2.71. The molecule has 0 unspecified atom stereocenters. The summed E-state index contributed by atoms with van der Waals surface area (Å²) in [5, 5.41) is 0. The highest BCUT2D eigenvalue weighted by Crippen LogP contribution is 2.35. The Morgan fingerprint density at radius 2 is 1.69 bits per heavy atom. The van der Waals surface area contributed by atoms with E-state index in [4.69, 9.17) is 0 Å². The fourth-order valence-corrected chi connectivity index (χ4v) is 2.04. The van der Waals surface area contributed by atoms with Crippen LogP contribution in [0.4, 0.5) is 0 Å². The van der Waals surface area contributed by atoms with Crippen molar-refractivity contribution >= 4 is 11.6 Å². The summed E-state index contributed by atoms with van der Waals surface area (Å²) >= 11 is 0. The Bertz CT molecular complexity index is 208. The summed E-state index contributed by atoms with van der Waals surface area (Å²) < 4.78 is 0. The minimum Gasteiger partial charge on any atom is -0.299 e. The molecule has 0 aliphatic heterocycles. The molecule has 1 saturated carbocycles. The van der Waals surface area contributed by atoms with E-state index in [0.717, 1.165) is 12.8 Å². The molecule has 0 heterocycles. The van der Waals surface area contributed by atoms with E-state index in [1.165, 1.54) is 0 Å². The SMILES string of the molecule is CCCC1C(=O)CC(C)(C)CC1=O. The van der Waals surface area contributed by atoms with E-state index in [1.807, 2.05) is 20.8 Å². The molecule has 0 aromatic rings. The molecule has 1 rings (SSSR count). The number of carbonyl (C=O) groups excluding carboxylic acids is 2. The van der Waals surface area contributed by atoms with Crippen LogP contribution in [0.25, 0.3) is 0 Å². The van der Waals surface area contributed by atoms with Gasteiger partial charge in [0.1, 0.15) is 11.6 Å². The second kappa shape index (κ2) is 3.60. The smallest absolute Gasteiger partial charge is 0.143 e. The predicted octanol–water partition coefficient (Wildman–Crippen LogP) is 2.36. The quantitative estimate of drug-likeness (QED) is 0.614. The van der Waals surface area contributed by atoms with Crippen molar-refractivity contribution in [3.8, 4) is 0 Å². The summed E-state index contributed by atoms with van der Waals surface area (Å²) in [5.41, 5.74) is -0.0988. The summed E-state index contributed by atoms with van der Waals surface area (Å²) in [5.74, 6) is 0.0317. The number of hydrogen-bond acceptors (Lipinski definition) is 2. The lowest BCUT2D eigenvalue weighted by atomic mass is 9.70. The molecule has 0 radical (unpaired) electrons. The standard InChI is InChI=1S/C11H18O2/c1-4-5-8-9(12)6-11(2,3)7-10(8)13/h8H,4-7H2,1-3H3. The number of Topliss-reactive ketones (excluding diaryl/α,β-unsaturated/α-hetero) is 2. The molecule has 1 aliphatic rings. The number of hydrogen-bond donors (Lipinski definition) is 0. The van der Waals surface area contributed by atoms with Gasteiger partial charge in [-0.3, -0.25) is 9.59 Å². The van der Waals surface area contributed by atoms with Crippen molar-refractivity contribution in [3.63, 3.8) is 0 Å². The molecule has 0 aromatic heterocycles. The van der Waals surface area contributed by atoms with Gasteiger partial charge in [0.2, 0.25) is 0 Å². The normalized spacial score (nSPS) is 23.6. The zero-order chi connectivity index (χ0) is 10.1. The average molecular weight is 182 g/mol. The monoisotopic (exact) mass is 182 g/mol. The molecule has 2 heteroatoms. The van der Waals surface area contributed by atoms with Gasteiger partial charge in [0, 0.05) is 12.8 Å². The third-order valence-electron chi connectivity index (χ3n) is 2.66. The maximum Gasteiger partial charge on any atom is 0.143 e. The van der Waals surface area contributed by atoms with Gasteiger partial charge in [0.05, 0.1) is 5.92 Å². The molecular formula is C11H18O2. The Hall–Kier alpha value is -0.660. The van der Waals surface area contributed by atoms with Crippen molar-refractivity contribution in [1.29, 1.82) is 0 Å². The van der Waals surface area contributed by atoms with Crippen LogP contribution in [0.1, 0.15) is 46.5 Å². The first-order valence-electron chi connectivity index (χ1n) is 5.02. The van der Waals surface area contributed by atoms with E-state index in [0.29, 0.717) is 12.8 Å². The van der Waals surface area contributed by atoms with E-state index in [1.54, 1.807) is 0 Å². The van der Waals surface area contributed by atoms with Crippen LogP contribution in [0.15, 0.2) is 0 Å². The molecule has 1 fully saturated rings. The Kier molecular flexibility index (Phi) is 2.89. The summed E-state index contributed by atoms with van der Waals surface area (Å²) in [4.78, 5) is 23.2. The average Bonchev–Trinajstić information content (AvgIpc) is 1.94. The van der Waals surface area contributed by atoms with Crippen molar-refractivity contribution in [2.24, 2.45) is 11.3 Å². The van der Waals surface area contributed by atoms with Crippen molar-refractivity contribution in [3.05, 3.63) is 0 Å². The molecule has 1 aliphatic carbocycles. The van der Waals surface area contributed by atoms with Crippen LogP contribution in [-0.2, 0) is 9.59 Å². The van der Waals surface area contributed by atoms with E-state index < -0.39 is 0 Å². The van der Waals surface area contributed by atoms with Crippen LogP contribution >= 0.6 is 0 Å². The molecule has 0 saturated heterocycles. The van der Waals surface area contributed by atoms with Crippen LogP contribution in [-0.4, -0.2) is 11.6 Å². The lowest BCUT2D eigenvalue weighted by Crippen LogP contribution is -2.37. The van der Waals surface area contributed by atoms with Crippen molar-refractivity contribution in [1.82, 2.24) is 0 Å². The van der Waals surface area contributed by atoms with Crippen LogP contribution < -0.4 is 0 Å². The van der Waals surface area contributed by atoms with Crippen LogP contribution in [0, 0.1) is 11.3 Å². The molecule has 0 aromatic carbocycles. The second-order valence-corrected chi connectivity index (χ2v) is 4.79. The third kappa shape index (κ3) is 2.39. The first-order chi connectivity index (χ1) is 5.96. The van der Waals surface area contributed by atoms with Gasteiger partial charge in [0.25, 0.3) is 0 Å². The summed E-state index contributed by atoms with van der Waals surface area (Å²) in [7, 11) is 0. The van der Waals surface area contributed by atoms with Crippen molar-refractivity contribution < 1.29 is 9.59 Å². The highest BCUT2D eigenvalue weighted by Gasteiger charge is 2.38. The summed E-state index contributed by atoms with van der Waals surface area (Å²) in [6.07, 6.45) is 2.81. The largest absolute Gasteiger partial charge is 0.299 e. The molecule has 2 nitrogen and oxygen atoms in total. The van der Waals surface area contributed by atoms with Crippen LogP contribution in [0.5, 0.6) is 0 Å². The maximum atomic E-state index is 11.6. The maximum absolute atomic E-state index is 11.6. The minimum absolute atomic E-state index is 0.0988. The molecule has 13 heavy (non-hydrogen) atoms. The molecule has 0 atom stereocenters. The Morgan fingerprint density at radius 1 is 1.23 bits per heavy atom. The topological polar surface area (TPSA) is 34.1 Å². The second-order valence-electron chi connectivity index (χ2n) is 4.79. The van der Waals surface area contributed by atoms with Crippen LogP contribution in [0.3, 0.4) is 0 Å². The molecule has 0 N–H and O–H groups in total. The first-order valence-corrected chi connectivity index (χ1v) is 5.02. The molecule has 0 spiro atoms. The lowest BCUT2D eigenvalue weighted by Gasteiger charge is -2.31. The zero-order valence-electron chi connectivity index (χ0n) is 8.72. The molecule has 74 valence electrons. The lowest BCUT2D eigenvalue weighted by molar-refractivity contribution is -0.139. The number of carbonyl (C=O) groups is 2. The van der Waals surface area contributed by atoms with Gasteiger partial charge in [-0.2, -0.15) is 0 Å². The van der Waals surface area contributed by atoms with Gasteiger partial charge >= 0.3 is 0 Å². The van der Waals surface area contributed by atoms with Gasteiger partial charge in [0.15, 0.2) is 0 Å². The summed E-state index contributed by atoms with van der Waals surface area (Å²) in [6, 6.07) is 0. The van der Waals surface area contributed by atoms with Gasteiger partial charge in [-0.25, -0.2) is 0 Å². The number of rotatable bonds is 2. The van der Waals surface area contributed by atoms with Crippen molar-refractivity contribution in [2.75, 3.05) is 0 Å². The minimum atomic E-state index is -0.280. The van der Waals surface area contributed by atoms with Gasteiger partial charge in [-0.05, 0) is 11.8 Å². The third-order valence-corrected chi connectivity index (χ3v) is 2.66. The van der Waals surface area contributed by atoms with Crippen LogP contribution in [0.2, 0.25) is 0 Å².